The Morgan fingerprint density at radius 3 is 2.84 bits per heavy atom. The van der Waals surface area contributed by atoms with Crippen LogP contribution in [0.3, 0.4) is 0 Å². The molecule has 19 heavy (non-hydrogen) atoms. The average molecular weight is 315 g/mol. The van der Waals surface area contributed by atoms with Gasteiger partial charge in [0.1, 0.15) is 11.8 Å². The highest BCUT2D eigenvalue weighted by Gasteiger charge is 2.05. The molecule has 0 aliphatic rings. The fourth-order valence-electron chi connectivity index (χ4n) is 1.83. The smallest absolute Gasteiger partial charge is 0.160 e. The molecule has 3 rings (SSSR count). The van der Waals surface area contributed by atoms with Crippen LogP contribution >= 0.6 is 15.9 Å². The molecule has 0 fully saturated rings. The first kappa shape index (κ1) is 12.0. The summed E-state index contributed by atoms with van der Waals surface area (Å²) in [5, 5.41) is 3.27. The molecule has 0 radical (unpaired) electrons. The van der Waals surface area contributed by atoms with Crippen LogP contribution in [-0.2, 0) is 0 Å². The molecule has 0 aliphatic carbocycles. The first-order chi connectivity index (χ1) is 9.22. The number of anilines is 2. The summed E-state index contributed by atoms with van der Waals surface area (Å²) in [6.07, 6.45) is 1.54. The van der Waals surface area contributed by atoms with Crippen LogP contribution in [0.4, 0.5) is 11.5 Å². The number of nitrogens with zero attached hydrogens (tertiary/aromatic N) is 3. The van der Waals surface area contributed by atoms with Gasteiger partial charge in [-0.2, -0.15) is 0 Å². The number of rotatable bonds is 2. The van der Waals surface area contributed by atoms with Crippen LogP contribution in [0.15, 0.2) is 47.2 Å². The third kappa shape index (κ3) is 2.56. The maximum absolute atomic E-state index is 4.49. The molecule has 1 N–H and O–H groups in total. The first-order valence-electron chi connectivity index (χ1n) is 5.83. The second kappa shape index (κ2) is 4.93. The molecule has 0 aliphatic heterocycles. The van der Waals surface area contributed by atoms with Gasteiger partial charge in [0.25, 0.3) is 0 Å². The van der Waals surface area contributed by atoms with Gasteiger partial charge < -0.3 is 5.32 Å². The molecule has 0 spiro atoms. The minimum atomic E-state index is 0.715. The predicted molar refractivity (Wildman–Crippen MR) is 79.5 cm³/mol. The number of hydrogen-bond acceptors (Lipinski definition) is 4. The van der Waals surface area contributed by atoms with Crippen molar-refractivity contribution in [3.8, 4) is 0 Å². The number of fused-ring (bicyclic) bond motifs is 1. The van der Waals surface area contributed by atoms with Crippen LogP contribution in [0, 0.1) is 6.92 Å². The third-order valence-corrected chi connectivity index (χ3v) is 3.20. The van der Waals surface area contributed by atoms with E-state index in [9.17, 15) is 0 Å². The van der Waals surface area contributed by atoms with E-state index in [0.717, 1.165) is 26.9 Å². The standard InChI is InChI=1S/C14H11BrN4/c1-9-5-6-12-13(18-9)14(17-8-16-12)19-11-4-2-3-10(15)7-11/h2-8H,1H3,(H,16,17,19). The lowest BCUT2D eigenvalue weighted by Crippen LogP contribution is -1.98. The monoisotopic (exact) mass is 314 g/mol. The minimum Gasteiger partial charge on any atom is -0.338 e. The number of pyridine rings is 1. The average Bonchev–Trinajstić information content (AvgIpc) is 2.39. The number of halogens is 1. The first-order valence-corrected chi connectivity index (χ1v) is 6.62. The Morgan fingerprint density at radius 1 is 1.11 bits per heavy atom. The number of aryl methyl sites for hydroxylation is 1. The van der Waals surface area contributed by atoms with E-state index in [2.05, 4.69) is 36.2 Å². The van der Waals surface area contributed by atoms with Crippen molar-refractivity contribution in [2.45, 2.75) is 6.92 Å². The van der Waals surface area contributed by atoms with Crippen molar-refractivity contribution in [2.24, 2.45) is 0 Å². The van der Waals surface area contributed by atoms with Crippen molar-refractivity contribution in [1.29, 1.82) is 0 Å². The molecule has 0 bridgehead atoms. The van der Waals surface area contributed by atoms with Crippen LogP contribution in [0.5, 0.6) is 0 Å². The van der Waals surface area contributed by atoms with Crippen LogP contribution < -0.4 is 5.32 Å². The van der Waals surface area contributed by atoms with Gasteiger partial charge in [-0.3, -0.25) is 0 Å². The highest BCUT2D eigenvalue weighted by atomic mass is 79.9. The zero-order valence-electron chi connectivity index (χ0n) is 10.3. The van der Waals surface area contributed by atoms with Gasteiger partial charge in [-0.05, 0) is 37.3 Å². The molecule has 0 saturated carbocycles. The summed E-state index contributed by atoms with van der Waals surface area (Å²) in [7, 11) is 0. The summed E-state index contributed by atoms with van der Waals surface area (Å²) >= 11 is 3.45. The molecule has 94 valence electrons. The van der Waals surface area contributed by atoms with E-state index in [0.29, 0.717) is 5.82 Å². The van der Waals surface area contributed by atoms with Crippen LogP contribution in [0.1, 0.15) is 5.69 Å². The summed E-state index contributed by atoms with van der Waals surface area (Å²) < 4.78 is 1.01. The second-order valence-corrected chi connectivity index (χ2v) is 5.09. The predicted octanol–water partition coefficient (Wildman–Crippen LogP) is 3.84. The lowest BCUT2D eigenvalue weighted by Gasteiger charge is -2.08. The summed E-state index contributed by atoms with van der Waals surface area (Å²) in [5.41, 5.74) is 3.51. The van der Waals surface area contributed by atoms with E-state index in [4.69, 9.17) is 0 Å². The Kier molecular flexibility index (Phi) is 3.13. The zero-order chi connectivity index (χ0) is 13.2. The van der Waals surface area contributed by atoms with Gasteiger partial charge in [0, 0.05) is 15.9 Å². The van der Waals surface area contributed by atoms with Crippen molar-refractivity contribution in [3.63, 3.8) is 0 Å². The van der Waals surface area contributed by atoms with E-state index < -0.39 is 0 Å². The molecule has 0 atom stereocenters. The largest absolute Gasteiger partial charge is 0.338 e. The Morgan fingerprint density at radius 2 is 2.00 bits per heavy atom. The van der Waals surface area contributed by atoms with E-state index in [1.54, 1.807) is 6.33 Å². The van der Waals surface area contributed by atoms with Crippen LogP contribution in [0.25, 0.3) is 11.0 Å². The van der Waals surface area contributed by atoms with Gasteiger partial charge in [-0.1, -0.05) is 22.0 Å². The second-order valence-electron chi connectivity index (χ2n) is 4.18. The van der Waals surface area contributed by atoms with Crippen molar-refractivity contribution >= 4 is 38.5 Å². The lowest BCUT2D eigenvalue weighted by atomic mass is 10.3. The van der Waals surface area contributed by atoms with Crippen LogP contribution in [0.2, 0.25) is 0 Å². The Balaban J connectivity index is 2.07. The van der Waals surface area contributed by atoms with Crippen molar-refractivity contribution < 1.29 is 0 Å². The fraction of sp³-hybridized carbons (Fsp3) is 0.0714. The summed E-state index contributed by atoms with van der Waals surface area (Å²) in [6.45, 7) is 1.95. The SMILES string of the molecule is Cc1ccc2ncnc(Nc3cccc(Br)c3)c2n1. The molecule has 5 heteroatoms. The van der Waals surface area contributed by atoms with E-state index in [1.807, 2.05) is 43.3 Å². The Hall–Kier alpha value is -2.01. The highest BCUT2D eigenvalue weighted by Crippen LogP contribution is 2.23. The van der Waals surface area contributed by atoms with Gasteiger partial charge in [0.15, 0.2) is 5.82 Å². The molecule has 1 aromatic carbocycles. The van der Waals surface area contributed by atoms with E-state index in [1.165, 1.54) is 0 Å². The number of aromatic nitrogens is 3. The summed E-state index contributed by atoms with van der Waals surface area (Å²) in [6, 6.07) is 11.8. The molecule has 0 unspecified atom stereocenters. The fourth-order valence-corrected chi connectivity index (χ4v) is 2.23. The van der Waals surface area contributed by atoms with Gasteiger partial charge in [0.2, 0.25) is 0 Å². The number of hydrogen-bond donors (Lipinski definition) is 1. The minimum absolute atomic E-state index is 0.715. The molecular formula is C14H11BrN4. The van der Waals surface area contributed by atoms with Crippen LogP contribution in [-0.4, -0.2) is 15.0 Å². The van der Waals surface area contributed by atoms with Gasteiger partial charge in [-0.15, -0.1) is 0 Å². The number of benzene rings is 1. The lowest BCUT2D eigenvalue weighted by molar-refractivity contribution is 1.17. The number of nitrogens with one attached hydrogen (secondary N) is 1. The molecule has 2 heterocycles. The van der Waals surface area contributed by atoms with Gasteiger partial charge >= 0.3 is 0 Å². The third-order valence-electron chi connectivity index (χ3n) is 2.71. The molecule has 2 aromatic heterocycles. The van der Waals surface area contributed by atoms with Gasteiger partial charge in [-0.25, -0.2) is 15.0 Å². The Bertz CT molecular complexity index is 742. The Labute approximate surface area is 119 Å². The molecule has 3 aromatic rings. The molecule has 0 amide bonds. The van der Waals surface area contributed by atoms with E-state index in [-0.39, 0.29) is 0 Å². The topological polar surface area (TPSA) is 50.7 Å². The van der Waals surface area contributed by atoms with Crippen molar-refractivity contribution in [1.82, 2.24) is 15.0 Å². The zero-order valence-corrected chi connectivity index (χ0v) is 11.8. The summed E-state index contributed by atoms with van der Waals surface area (Å²) in [4.78, 5) is 13.0. The van der Waals surface area contributed by atoms with Gasteiger partial charge in [0.05, 0.1) is 5.52 Å². The summed E-state index contributed by atoms with van der Waals surface area (Å²) in [5.74, 6) is 0.715. The van der Waals surface area contributed by atoms with Crippen molar-refractivity contribution in [2.75, 3.05) is 5.32 Å². The molecule has 0 saturated heterocycles. The molecular weight excluding hydrogens is 304 g/mol. The van der Waals surface area contributed by atoms with E-state index >= 15 is 0 Å². The van der Waals surface area contributed by atoms with Crippen molar-refractivity contribution in [3.05, 3.63) is 52.9 Å². The maximum atomic E-state index is 4.49. The highest BCUT2D eigenvalue weighted by molar-refractivity contribution is 9.10. The molecule has 4 nitrogen and oxygen atoms in total. The quantitative estimate of drug-likeness (QED) is 0.780. The normalized spacial score (nSPS) is 10.6. The maximum Gasteiger partial charge on any atom is 0.160 e.